The van der Waals surface area contributed by atoms with Crippen molar-refractivity contribution < 1.29 is 14.3 Å². The fourth-order valence-electron chi connectivity index (χ4n) is 3.35. The number of amides is 2. The highest BCUT2D eigenvalue weighted by atomic mass is 16.5. The largest absolute Gasteiger partial charge is 0.489 e. The van der Waals surface area contributed by atoms with Gasteiger partial charge in [-0.05, 0) is 63.9 Å². The van der Waals surface area contributed by atoms with Crippen molar-refractivity contribution >= 4 is 17.5 Å². The minimum Gasteiger partial charge on any atom is -0.489 e. The molecule has 0 aliphatic carbocycles. The first-order chi connectivity index (χ1) is 16.1. The predicted molar refractivity (Wildman–Crippen MR) is 138 cm³/mol. The molecule has 0 saturated heterocycles. The summed E-state index contributed by atoms with van der Waals surface area (Å²) in [5, 5.41) is 3.05. The first-order valence-electron chi connectivity index (χ1n) is 11.7. The van der Waals surface area contributed by atoms with Gasteiger partial charge >= 0.3 is 0 Å². The number of ether oxygens (including phenoxy) is 1. The summed E-state index contributed by atoms with van der Waals surface area (Å²) >= 11 is 0. The molecule has 2 rings (SSSR count). The van der Waals surface area contributed by atoms with E-state index >= 15 is 0 Å². The van der Waals surface area contributed by atoms with Crippen LogP contribution in [-0.2, 0) is 16.2 Å². The molecule has 0 heterocycles. The van der Waals surface area contributed by atoms with E-state index in [9.17, 15) is 9.59 Å². The molecule has 0 aromatic heterocycles. The quantitative estimate of drug-likeness (QED) is 0.423. The Balaban J connectivity index is 2.03. The first kappa shape index (κ1) is 27.0. The van der Waals surface area contributed by atoms with Crippen LogP contribution in [0.15, 0.2) is 66.2 Å². The molecule has 6 heteroatoms. The van der Waals surface area contributed by atoms with E-state index in [1.807, 2.05) is 68.4 Å². The Bertz CT molecular complexity index is 949. The second-order valence-electron chi connectivity index (χ2n) is 9.55. The monoisotopic (exact) mass is 464 g/mol. The molecular weight excluding hydrogens is 426 g/mol. The van der Waals surface area contributed by atoms with E-state index in [-0.39, 0.29) is 11.8 Å². The van der Waals surface area contributed by atoms with Crippen molar-refractivity contribution in [2.45, 2.75) is 53.2 Å². The molecule has 2 aromatic carbocycles. The van der Waals surface area contributed by atoms with Gasteiger partial charge in [-0.3, -0.25) is 9.59 Å². The number of nitrogens with one attached hydrogen (secondary N) is 1. The van der Waals surface area contributed by atoms with Gasteiger partial charge < -0.3 is 20.7 Å². The number of allylic oxidation sites excluding steroid dienone is 1. The predicted octanol–water partition coefficient (Wildman–Crippen LogP) is 4.65. The molecule has 1 radical (unpaired) electrons. The van der Waals surface area contributed by atoms with Crippen LogP contribution in [0.4, 0.5) is 5.69 Å². The molecule has 2 amide bonds. The zero-order valence-corrected chi connectivity index (χ0v) is 21.0. The number of benzene rings is 2. The van der Waals surface area contributed by atoms with Gasteiger partial charge in [0.2, 0.25) is 11.8 Å². The minimum absolute atomic E-state index is 0.204. The van der Waals surface area contributed by atoms with Crippen LogP contribution >= 0.6 is 0 Å². The summed E-state index contributed by atoms with van der Waals surface area (Å²) in [6, 6.07) is 18.1. The number of rotatable bonds is 13. The zero-order valence-electron chi connectivity index (χ0n) is 21.0. The van der Waals surface area contributed by atoms with Crippen molar-refractivity contribution in [3.63, 3.8) is 0 Å². The Morgan fingerprint density at radius 3 is 2.32 bits per heavy atom. The van der Waals surface area contributed by atoms with Crippen molar-refractivity contribution in [3.8, 4) is 5.75 Å². The molecule has 2 aromatic rings. The third kappa shape index (κ3) is 9.69. The lowest BCUT2D eigenvalue weighted by Crippen LogP contribution is -2.52. The van der Waals surface area contributed by atoms with Crippen LogP contribution in [0.2, 0.25) is 0 Å². The molecule has 0 bridgehead atoms. The van der Waals surface area contributed by atoms with E-state index in [0.717, 1.165) is 17.0 Å². The summed E-state index contributed by atoms with van der Waals surface area (Å²) in [5.74, 6) is -0.177. The number of hydrogen-bond donors (Lipinski definition) is 2. The van der Waals surface area contributed by atoms with Gasteiger partial charge in [0.15, 0.2) is 0 Å². The number of carbonyl (C=O) groups excluding carboxylic acids is 2. The molecule has 6 nitrogen and oxygen atoms in total. The third-order valence-corrected chi connectivity index (χ3v) is 5.36. The van der Waals surface area contributed by atoms with Gasteiger partial charge in [-0.25, -0.2) is 0 Å². The molecule has 0 aliphatic rings. The number of nitrogens with two attached hydrogens (primary N) is 1. The van der Waals surface area contributed by atoms with E-state index in [1.165, 1.54) is 12.0 Å². The lowest BCUT2D eigenvalue weighted by atomic mass is 10.0. The van der Waals surface area contributed by atoms with Gasteiger partial charge in [-0.15, -0.1) is 0 Å². The van der Waals surface area contributed by atoms with E-state index in [4.69, 9.17) is 10.5 Å². The number of anilines is 1. The standard InChI is InChI=1S/C28H38N3O3/c1-21(2)17-18-31(20-28(4,5)30-26(32)16-11-22(3)27(29)33)24-12-14-25(15-13-24)34-19-23-9-7-6-8-10-23/h6-10,12-17,22H,11,18-20H2,1-5H3,(H2,29,33)(H,30,32). The minimum atomic E-state index is -0.499. The maximum absolute atomic E-state index is 12.4. The summed E-state index contributed by atoms with van der Waals surface area (Å²) in [6.45, 7) is 11.7. The molecule has 1 atom stereocenters. The van der Waals surface area contributed by atoms with Gasteiger partial charge in [-0.1, -0.05) is 48.9 Å². The lowest BCUT2D eigenvalue weighted by Gasteiger charge is -2.34. The van der Waals surface area contributed by atoms with Crippen LogP contribution in [0.1, 0.15) is 46.6 Å². The Kier molecular flexibility index (Phi) is 10.2. The summed E-state index contributed by atoms with van der Waals surface area (Å²) in [5.41, 5.74) is 8.17. The van der Waals surface area contributed by atoms with Gasteiger partial charge in [0.1, 0.15) is 12.4 Å². The summed E-state index contributed by atoms with van der Waals surface area (Å²) in [6.07, 6.45) is 3.98. The first-order valence-corrected chi connectivity index (χ1v) is 11.7. The van der Waals surface area contributed by atoms with E-state index < -0.39 is 11.4 Å². The van der Waals surface area contributed by atoms with Gasteiger partial charge in [0.05, 0.1) is 12.0 Å². The smallest absolute Gasteiger partial charge is 0.224 e. The molecular formula is C28H38N3O3. The highest BCUT2D eigenvalue weighted by molar-refractivity contribution is 5.86. The Hall–Kier alpha value is -3.28. The second kappa shape index (κ2) is 12.8. The second-order valence-corrected chi connectivity index (χ2v) is 9.55. The average molecular weight is 465 g/mol. The fourth-order valence-corrected chi connectivity index (χ4v) is 3.35. The van der Waals surface area contributed by atoms with Crippen molar-refractivity contribution in [3.05, 3.63) is 78.2 Å². The maximum atomic E-state index is 12.4. The summed E-state index contributed by atoms with van der Waals surface area (Å²) in [4.78, 5) is 25.9. The zero-order chi connectivity index (χ0) is 25.1. The number of nitrogens with zero attached hydrogens (tertiary/aromatic N) is 1. The van der Waals surface area contributed by atoms with Crippen molar-refractivity contribution in [2.75, 3.05) is 18.0 Å². The highest BCUT2D eigenvalue weighted by Gasteiger charge is 2.24. The lowest BCUT2D eigenvalue weighted by molar-refractivity contribution is -0.121. The highest BCUT2D eigenvalue weighted by Crippen LogP contribution is 2.22. The van der Waals surface area contributed by atoms with Crippen LogP contribution in [0.3, 0.4) is 0 Å². The van der Waals surface area contributed by atoms with E-state index in [0.29, 0.717) is 26.1 Å². The molecule has 0 aliphatic heterocycles. The van der Waals surface area contributed by atoms with Crippen LogP contribution in [0.25, 0.3) is 0 Å². The summed E-state index contributed by atoms with van der Waals surface area (Å²) in [7, 11) is 0. The average Bonchev–Trinajstić information content (AvgIpc) is 2.79. The Morgan fingerprint density at radius 2 is 1.74 bits per heavy atom. The molecule has 1 unspecified atom stereocenters. The number of carbonyl (C=O) groups is 2. The van der Waals surface area contributed by atoms with Crippen LogP contribution < -0.4 is 20.7 Å². The van der Waals surface area contributed by atoms with Gasteiger partial charge in [-0.2, -0.15) is 0 Å². The Labute approximate surface area is 204 Å². The number of primary amides is 1. The van der Waals surface area contributed by atoms with Crippen LogP contribution in [0.5, 0.6) is 5.75 Å². The molecule has 3 N–H and O–H groups in total. The molecule has 183 valence electrons. The molecule has 0 spiro atoms. The third-order valence-electron chi connectivity index (χ3n) is 5.36. The fraction of sp³-hybridized carbons (Fsp3) is 0.393. The number of hydrogen-bond acceptors (Lipinski definition) is 4. The normalized spacial score (nSPS) is 11.9. The van der Waals surface area contributed by atoms with E-state index in [2.05, 4.69) is 30.1 Å². The van der Waals surface area contributed by atoms with Gasteiger partial charge in [0.25, 0.3) is 0 Å². The summed E-state index contributed by atoms with van der Waals surface area (Å²) < 4.78 is 5.92. The van der Waals surface area contributed by atoms with E-state index in [1.54, 1.807) is 6.92 Å². The van der Waals surface area contributed by atoms with Crippen molar-refractivity contribution in [2.24, 2.45) is 11.7 Å². The molecule has 34 heavy (non-hydrogen) atoms. The molecule has 0 saturated carbocycles. The van der Waals surface area contributed by atoms with Crippen LogP contribution in [-0.4, -0.2) is 30.4 Å². The topological polar surface area (TPSA) is 84.7 Å². The Morgan fingerprint density at radius 1 is 1.09 bits per heavy atom. The SMILES string of the molecule is CC(C)=CCN(CC(C)(C)NC(=O)[CH]CC(C)C(N)=O)c1ccc(OCc2ccccc2)cc1. The van der Waals surface area contributed by atoms with Gasteiger partial charge in [0, 0.05) is 24.7 Å². The van der Waals surface area contributed by atoms with Crippen molar-refractivity contribution in [1.29, 1.82) is 0 Å². The molecule has 0 fully saturated rings. The van der Waals surface area contributed by atoms with Crippen molar-refractivity contribution in [1.82, 2.24) is 5.32 Å². The maximum Gasteiger partial charge on any atom is 0.224 e. The van der Waals surface area contributed by atoms with Crippen LogP contribution in [0, 0.1) is 12.3 Å².